The van der Waals surface area contributed by atoms with Crippen LogP contribution >= 0.6 is 0 Å². The highest BCUT2D eigenvalue weighted by Gasteiger charge is 2.23. The number of fused-ring (bicyclic) bond motifs is 1. The number of sulfonamides is 1. The zero-order chi connectivity index (χ0) is 16.4. The summed E-state index contributed by atoms with van der Waals surface area (Å²) in [6.07, 6.45) is 0.622. The Labute approximate surface area is 134 Å². The number of hydrogen-bond donors (Lipinski definition) is 3. The minimum Gasteiger partial charge on any atom is -0.325 e. The van der Waals surface area contributed by atoms with E-state index in [0.29, 0.717) is 18.7 Å². The molecule has 1 aliphatic rings. The van der Waals surface area contributed by atoms with Gasteiger partial charge in [-0.05, 0) is 41.8 Å². The van der Waals surface area contributed by atoms with Gasteiger partial charge in [-0.1, -0.05) is 24.3 Å². The van der Waals surface area contributed by atoms with Gasteiger partial charge >= 0.3 is 0 Å². The number of nitrogens with one attached hydrogen (secondary N) is 2. The van der Waals surface area contributed by atoms with Gasteiger partial charge in [0, 0.05) is 12.2 Å². The Morgan fingerprint density at radius 3 is 2.39 bits per heavy atom. The first-order valence-electron chi connectivity index (χ1n) is 7.17. The van der Waals surface area contributed by atoms with Crippen LogP contribution in [0.1, 0.15) is 11.1 Å². The molecule has 1 atom stereocenters. The van der Waals surface area contributed by atoms with E-state index in [1.807, 2.05) is 24.3 Å². The zero-order valence-corrected chi connectivity index (χ0v) is 13.1. The van der Waals surface area contributed by atoms with E-state index in [4.69, 9.17) is 5.14 Å². The standard InChI is InChI=1S/C16H17N3O3S/c17-23(21,22)14-7-5-13(6-8-14)19-16(20)15-9-11-3-1-2-4-12(11)10-18-15/h1-8,15,18H,9-10H2,(H,19,20)(H2,17,21,22). The maximum absolute atomic E-state index is 12.3. The summed E-state index contributed by atoms with van der Waals surface area (Å²) in [4.78, 5) is 12.4. The Kier molecular flexibility index (Phi) is 4.16. The van der Waals surface area contributed by atoms with Crippen molar-refractivity contribution in [3.8, 4) is 0 Å². The molecular formula is C16H17N3O3S. The second-order valence-electron chi connectivity index (χ2n) is 5.46. The first-order valence-corrected chi connectivity index (χ1v) is 8.72. The third kappa shape index (κ3) is 3.58. The molecule has 2 aromatic rings. The van der Waals surface area contributed by atoms with E-state index in [0.717, 1.165) is 5.56 Å². The predicted molar refractivity (Wildman–Crippen MR) is 87.2 cm³/mol. The van der Waals surface area contributed by atoms with Gasteiger partial charge in [0.05, 0.1) is 10.9 Å². The quantitative estimate of drug-likeness (QED) is 0.780. The molecule has 0 saturated heterocycles. The van der Waals surface area contributed by atoms with Gasteiger partial charge in [-0.2, -0.15) is 0 Å². The van der Waals surface area contributed by atoms with Gasteiger partial charge in [0.15, 0.2) is 0 Å². The summed E-state index contributed by atoms with van der Waals surface area (Å²) >= 11 is 0. The molecule has 0 fully saturated rings. The molecule has 0 saturated carbocycles. The molecule has 1 heterocycles. The fraction of sp³-hybridized carbons (Fsp3) is 0.188. The van der Waals surface area contributed by atoms with Crippen molar-refractivity contribution < 1.29 is 13.2 Å². The minimum absolute atomic E-state index is 0.0141. The number of primary sulfonamides is 1. The molecule has 0 aromatic heterocycles. The molecule has 0 spiro atoms. The fourth-order valence-electron chi connectivity index (χ4n) is 2.60. The van der Waals surface area contributed by atoms with Crippen LogP contribution in [0.25, 0.3) is 0 Å². The predicted octanol–water partition coefficient (Wildman–Crippen LogP) is 0.987. The van der Waals surface area contributed by atoms with Crippen LogP contribution in [0.4, 0.5) is 5.69 Å². The first kappa shape index (κ1) is 15.7. The van der Waals surface area contributed by atoms with E-state index in [1.54, 1.807) is 0 Å². The van der Waals surface area contributed by atoms with Crippen LogP contribution in [0.2, 0.25) is 0 Å². The number of anilines is 1. The number of carbonyl (C=O) groups is 1. The van der Waals surface area contributed by atoms with Crippen LogP contribution < -0.4 is 15.8 Å². The van der Waals surface area contributed by atoms with E-state index in [9.17, 15) is 13.2 Å². The molecule has 0 bridgehead atoms. The van der Waals surface area contributed by atoms with Crippen molar-refractivity contribution in [3.63, 3.8) is 0 Å². The number of amides is 1. The Hall–Kier alpha value is -2.22. The van der Waals surface area contributed by atoms with E-state index >= 15 is 0 Å². The number of rotatable bonds is 3. The average molecular weight is 331 g/mol. The van der Waals surface area contributed by atoms with E-state index in [-0.39, 0.29) is 16.8 Å². The second kappa shape index (κ2) is 6.11. The molecule has 120 valence electrons. The van der Waals surface area contributed by atoms with Gasteiger partial charge < -0.3 is 10.6 Å². The van der Waals surface area contributed by atoms with Crippen molar-refractivity contribution in [2.45, 2.75) is 23.9 Å². The number of carbonyl (C=O) groups excluding carboxylic acids is 1. The summed E-state index contributed by atoms with van der Waals surface area (Å²) in [6, 6.07) is 13.5. The molecule has 6 nitrogen and oxygen atoms in total. The lowest BCUT2D eigenvalue weighted by Crippen LogP contribution is -2.44. The molecular weight excluding hydrogens is 314 g/mol. The molecule has 1 aliphatic heterocycles. The SMILES string of the molecule is NS(=O)(=O)c1ccc(NC(=O)C2Cc3ccccc3CN2)cc1. The summed E-state index contributed by atoms with van der Waals surface area (Å²) in [7, 11) is -3.73. The third-order valence-corrected chi connectivity index (χ3v) is 4.78. The van der Waals surface area contributed by atoms with E-state index in [1.165, 1.54) is 29.8 Å². The molecule has 3 rings (SSSR count). The van der Waals surface area contributed by atoms with Crippen molar-refractivity contribution in [2.75, 3.05) is 5.32 Å². The van der Waals surface area contributed by atoms with Gasteiger partial charge in [-0.3, -0.25) is 4.79 Å². The van der Waals surface area contributed by atoms with Crippen molar-refractivity contribution in [1.82, 2.24) is 5.32 Å². The normalized spacial score (nSPS) is 17.3. The van der Waals surface area contributed by atoms with Gasteiger partial charge in [0.25, 0.3) is 0 Å². The summed E-state index contributed by atoms with van der Waals surface area (Å²) in [5.41, 5.74) is 2.90. The third-order valence-electron chi connectivity index (χ3n) is 3.85. The highest BCUT2D eigenvalue weighted by molar-refractivity contribution is 7.89. The highest BCUT2D eigenvalue weighted by Crippen LogP contribution is 2.18. The minimum atomic E-state index is -3.73. The highest BCUT2D eigenvalue weighted by atomic mass is 32.2. The summed E-state index contributed by atoms with van der Waals surface area (Å²) < 4.78 is 22.4. The maximum atomic E-state index is 12.3. The molecule has 1 unspecified atom stereocenters. The summed E-state index contributed by atoms with van der Waals surface area (Å²) in [5.74, 6) is -0.150. The molecule has 0 radical (unpaired) electrons. The average Bonchev–Trinajstić information content (AvgIpc) is 2.54. The monoisotopic (exact) mass is 331 g/mol. The van der Waals surface area contributed by atoms with Gasteiger partial charge in [0.1, 0.15) is 0 Å². The van der Waals surface area contributed by atoms with Crippen molar-refractivity contribution >= 4 is 21.6 Å². The molecule has 7 heteroatoms. The molecule has 0 aliphatic carbocycles. The second-order valence-corrected chi connectivity index (χ2v) is 7.03. The number of hydrogen-bond acceptors (Lipinski definition) is 4. The first-order chi connectivity index (χ1) is 10.9. The lowest BCUT2D eigenvalue weighted by Gasteiger charge is -2.25. The van der Waals surface area contributed by atoms with Crippen LogP contribution in [0.15, 0.2) is 53.4 Å². The summed E-state index contributed by atoms with van der Waals surface area (Å²) in [5, 5.41) is 11.0. The summed E-state index contributed by atoms with van der Waals surface area (Å²) in [6.45, 7) is 0.651. The zero-order valence-electron chi connectivity index (χ0n) is 12.3. The Balaban J connectivity index is 1.68. The van der Waals surface area contributed by atoms with Gasteiger partial charge in [-0.15, -0.1) is 0 Å². The molecule has 4 N–H and O–H groups in total. The van der Waals surface area contributed by atoms with Gasteiger partial charge in [0.2, 0.25) is 15.9 Å². The largest absolute Gasteiger partial charge is 0.325 e. The fourth-order valence-corrected chi connectivity index (χ4v) is 3.11. The number of nitrogens with two attached hydrogens (primary N) is 1. The lowest BCUT2D eigenvalue weighted by atomic mass is 9.95. The van der Waals surface area contributed by atoms with E-state index < -0.39 is 10.0 Å². The van der Waals surface area contributed by atoms with Gasteiger partial charge in [-0.25, -0.2) is 13.6 Å². The van der Waals surface area contributed by atoms with Crippen LogP contribution in [0, 0.1) is 0 Å². The van der Waals surface area contributed by atoms with Crippen molar-refractivity contribution in [2.24, 2.45) is 5.14 Å². The molecule has 1 amide bonds. The van der Waals surface area contributed by atoms with Crippen LogP contribution in [-0.2, 0) is 27.8 Å². The maximum Gasteiger partial charge on any atom is 0.241 e. The molecule has 2 aromatic carbocycles. The Bertz CT molecular complexity index is 832. The van der Waals surface area contributed by atoms with Crippen molar-refractivity contribution in [3.05, 3.63) is 59.7 Å². The lowest BCUT2D eigenvalue weighted by molar-refractivity contribution is -0.118. The topological polar surface area (TPSA) is 101 Å². The number of benzene rings is 2. The Morgan fingerprint density at radius 2 is 1.74 bits per heavy atom. The smallest absolute Gasteiger partial charge is 0.241 e. The van der Waals surface area contributed by atoms with E-state index in [2.05, 4.69) is 10.6 Å². The van der Waals surface area contributed by atoms with Crippen LogP contribution in [-0.4, -0.2) is 20.4 Å². The van der Waals surface area contributed by atoms with Crippen LogP contribution in [0.5, 0.6) is 0 Å². The molecule has 23 heavy (non-hydrogen) atoms. The van der Waals surface area contributed by atoms with Crippen molar-refractivity contribution in [1.29, 1.82) is 0 Å². The van der Waals surface area contributed by atoms with Crippen LogP contribution in [0.3, 0.4) is 0 Å². The Morgan fingerprint density at radius 1 is 1.09 bits per heavy atom.